The fraction of sp³-hybridized carbons (Fsp3) is 0.250. The molecule has 0 radical (unpaired) electrons. The van der Waals surface area contributed by atoms with Gasteiger partial charge in [-0.2, -0.15) is 4.98 Å². The summed E-state index contributed by atoms with van der Waals surface area (Å²) >= 11 is 0. The van der Waals surface area contributed by atoms with Crippen molar-refractivity contribution < 1.29 is 9.13 Å². The SMILES string of the molecule is COc1ccc(Nc2cc(-c3ccccn3)nc(NCCN(C)C)n2)cc1F. The van der Waals surface area contributed by atoms with E-state index in [0.29, 0.717) is 29.7 Å². The molecule has 0 saturated carbocycles. The Morgan fingerprint density at radius 2 is 1.93 bits per heavy atom. The highest BCUT2D eigenvalue weighted by atomic mass is 19.1. The highest BCUT2D eigenvalue weighted by molar-refractivity contribution is 5.65. The number of benzene rings is 1. The Morgan fingerprint density at radius 1 is 1.07 bits per heavy atom. The predicted molar refractivity (Wildman–Crippen MR) is 109 cm³/mol. The number of nitrogens with one attached hydrogen (secondary N) is 2. The van der Waals surface area contributed by atoms with Crippen LogP contribution in [0.3, 0.4) is 0 Å². The fourth-order valence-electron chi connectivity index (χ4n) is 2.52. The van der Waals surface area contributed by atoms with Crippen molar-refractivity contribution in [2.45, 2.75) is 0 Å². The number of hydrogen-bond acceptors (Lipinski definition) is 7. The number of halogens is 1. The van der Waals surface area contributed by atoms with Crippen LogP contribution in [0.4, 0.5) is 21.8 Å². The summed E-state index contributed by atoms with van der Waals surface area (Å²) in [6.07, 6.45) is 1.71. The van der Waals surface area contributed by atoms with Gasteiger partial charge in [0.1, 0.15) is 5.82 Å². The summed E-state index contributed by atoms with van der Waals surface area (Å²) < 4.78 is 19.0. The highest BCUT2D eigenvalue weighted by Gasteiger charge is 2.10. The van der Waals surface area contributed by atoms with Crippen molar-refractivity contribution in [3.8, 4) is 17.1 Å². The van der Waals surface area contributed by atoms with Crippen molar-refractivity contribution in [2.75, 3.05) is 44.9 Å². The van der Waals surface area contributed by atoms with Crippen molar-refractivity contribution in [3.63, 3.8) is 0 Å². The Labute approximate surface area is 163 Å². The summed E-state index contributed by atoms with van der Waals surface area (Å²) in [5.74, 6) is 0.748. The minimum Gasteiger partial charge on any atom is -0.494 e. The zero-order valence-corrected chi connectivity index (χ0v) is 16.1. The number of pyridine rings is 1. The van der Waals surface area contributed by atoms with Gasteiger partial charge in [0.05, 0.1) is 18.5 Å². The van der Waals surface area contributed by atoms with Crippen LogP contribution in [0.2, 0.25) is 0 Å². The lowest BCUT2D eigenvalue weighted by molar-refractivity contribution is 0.386. The Bertz CT molecular complexity index is 920. The van der Waals surface area contributed by atoms with Gasteiger partial charge in [-0.15, -0.1) is 0 Å². The summed E-state index contributed by atoms with van der Waals surface area (Å²) in [5, 5.41) is 6.34. The molecule has 1 aromatic carbocycles. The molecule has 8 heteroatoms. The largest absolute Gasteiger partial charge is 0.494 e. The van der Waals surface area contributed by atoms with Gasteiger partial charge in [-0.1, -0.05) is 6.07 Å². The maximum Gasteiger partial charge on any atom is 0.225 e. The number of ether oxygens (including phenoxy) is 1. The number of aromatic nitrogens is 3. The third-order valence-electron chi connectivity index (χ3n) is 3.92. The van der Waals surface area contributed by atoms with Crippen LogP contribution in [-0.4, -0.2) is 54.1 Å². The molecule has 0 aliphatic heterocycles. The van der Waals surface area contributed by atoms with Gasteiger partial charge in [-0.05, 0) is 38.4 Å². The molecule has 7 nitrogen and oxygen atoms in total. The lowest BCUT2D eigenvalue weighted by atomic mass is 10.2. The molecule has 3 rings (SSSR count). The molecule has 3 aromatic rings. The van der Waals surface area contributed by atoms with Gasteiger partial charge >= 0.3 is 0 Å². The van der Waals surface area contributed by atoms with E-state index in [1.807, 2.05) is 32.3 Å². The Morgan fingerprint density at radius 3 is 2.61 bits per heavy atom. The van der Waals surface area contributed by atoms with Crippen LogP contribution < -0.4 is 15.4 Å². The van der Waals surface area contributed by atoms with Gasteiger partial charge in [-0.3, -0.25) is 4.98 Å². The molecular formula is C20H23FN6O. The summed E-state index contributed by atoms with van der Waals surface area (Å²) in [7, 11) is 5.43. The molecule has 28 heavy (non-hydrogen) atoms. The molecule has 0 aliphatic rings. The minimum atomic E-state index is -0.448. The van der Waals surface area contributed by atoms with E-state index in [-0.39, 0.29) is 5.75 Å². The zero-order chi connectivity index (χ0) is 19.9. The first-order chi connectivity index (χ1) is 13.5. The molecule has 0 saturated heterocycles. The molecule has 2 heterocycles. The smallest absolute Gasteiger partial charge is 0.225 e. The highest BCUT2D eigenvalue weighted by Crippen LogP contribution is 2.25. The van der Waals surface area contributed by atoms with Gasteiger partial charge in [0.15, 0.2) is 11.6 Å². The maximum absolute atomic E-state index is 14.0. The van der Waals surface area contributed by atoms with Gasteiger partial charge in [0.25, 0.3) is 0 Å². The summed E-state index contributed by atoms with van der Waals surface area (Å²) in [6.45, 7) is 1.53. The van der Waals surface area contributed by atoms with Crippen LogP contribution in [0.25, 0.3) is 11.4 Å². The average Bonchev–Trinajstić information content (AvgIpc) is 2.68. The van der Waals surface area contributed by atoms with Gasteiger partial charge < -0.3 is 20.3 Å². The number of anilines is 3. The van der Waals surface area contributed by atoms with E-state index < -0.39 is 5.82 Å². The number of likely N-dealkylation sites (N-methyl/N-ethyl adjacent to an activating group) is 1. The summed E-state index contributed by atoms with van der Waals surface area (Å²) in [4.78, 5) is 15.5. The predicted octanol–water partition coefficient (Wildman–Crippen LogP) is 3.40. The standard InChI is InChI=1S/C20H23FN6O/c1-27(2)11-10-23-20-25-17(16-6-4-5-9-22-16)13-19(26-20)24-14-7-8-18(28-3)15(21)12-14/h4-9,12-13H,10-11H2,1-3H3,(H2,23,24,25,26). The van der Waals surface area contributed by atoms with E-state index in [1.165, 1.54) is 13.2 Å². The van der Waals surface area contributed by atoms with E-state index in [0.717, 1.165) is 12.2 Å². The third-order valence-corrected chi connectivity index (χ3v) is 3.92. The normalized spacial score (nSPS) is 10.8. The molecule has 2 aromatic heterocycles. The molecule has 0 amide bonds. The van der Waals surface area contributed by atoms with E-state index >= 15 is 0 Å². The Hall–Kier alpha value is -3.26. The monoisotopic (exact) mass is 382 g/mol. The molecule has 0 aliphatic carbocycles. The van der Waals surface area contributed by atoms with Crippen molar-refractivity contribution in [1.29, 1.82) is 0 Å². The molecule has 146 valence electrons. The topological polar surface area (TPSA) is 75.2 Å². The maximum atomic E-state index is 14.0. The van der Waals surface area contributed by atoms with Crippen LogP contribution in [0.5, 0.6) is 5.75 Å². The first kappa shape index (κ1) is 19.5. The number of methoxy groups -OCH3 is 1. The van der Waals surface area contributed by atoms with E-state index in [9.17, 15) is 4.39 Å². The lowest BCUT2D eigenvalue weighted by Gasteiger charge is -2.13. The molecular weight excluding hydrogens is 359 g/mol. The van der Waals surface area contributed by atoms with E-state index in [1.54, 1.807) is 24.4 Å². The van der Waals surface area contributed by atoms with Gasteiger partial charge in [0, 0.05) is 37.1 Å². The second kappa shape index (κ2) is 9.09. The third kappa shape index (κ3) is 5.14. The van der Waals surface area contributed by atoms with Crippen LogP contribution in [0.1, 0.15) is 0 Å². The molecule has 0 bridgehead atoms. The van der Waals surface area contributed by atoms with Crippen LogP contribution >= 0.6 is 0 Å². The first-order valence-electron chi connectivity index (χ1n) is 8.85. The molecule has 0 unspecified atom stereocenters. The van der Waals surface area contributed by atoms with Crippen LogP contribution in [-0.2, 0) is 0 Å². The van der Waals surface area contributed by atoms with E-state index in [4.69, 9.17) is 4.74 Å². The molecule has 0 fully saturated rings. The van der Waals surface area contributed by atoms with Gasteiger partial charge in [0.2, 0.25) is 5.95 Å². The van der Waals surface area contributed by atoms with Crippen LogP contribution in [0.15, 0.2) is 48.7 Å². The molecule has 2 N–H and O–H groups in total. The summed E-state index contributed by atoms with van der Waals surface area (Å²) in [5.41, 5.74) is 1.95. The zero-order valence-electron chi connectivity index (χ0n) is 16.1. The second-order valence-electron chi connectivity index (χ2n) is 6.38. The van der Waals surface area contributed by atoms with Crippen molar-refractivity contribution in [1.82, 2.24) is 19.9 Å². The van der Waals surface area contributed by atoms with Crippen molar-refractivity contribution in [2.24, 2.45) is 0 Å². The van der Waals surface area contributed by atoms with Crippen LogP contribution in [0, 0.1) is 5.82 Å². The Kier molecular flexibility index (Phi) is 6.33. The van der Waals surface area contributed by atoms with Crippen molar-refractivity contribution in [3.05, 3.63) is 54.5 Å². The quantitative estimate of drug-likeness (QED) is 0.618. The number of nitrogens with zero attached hydrogens (tertiary/aromatic N) is 4. The lowest BCUT2D eigenvalue weighted by Crippen LogP contribution is -2.21. The summed E-state index contributed by atoms with van der Waals surface area (Å²) in [6, 6.07) is 12.1. The first-order valence-corrected chi connectivity index (χ1v) is 8.85. The number of rotatable bonds is 8. The van der Waals surface area contributed by atoms with Gasteiger partial charge in [-0.25, -0.2) is 9.37 Å². The van der Waals surface area contributed by atoms with Crippen molar-refractivity contribution >= 4 is 17.5 Å². The molecule has 0 atom stereocenters. The fourth-order valence-corrected chi connectivity index (χ4v) is 2.52. The van der Waals surface area contributed by atoms with E-state index in [2.05, 4.69) is 30.5 Å². The average molecular weight is 382 g/mol. The minimum absolute atomic E-state index is 0.188. The Balaban J connectivity index is 1.89. The molecule has 0 spiro atoms. The second-order valence-corrected chi connectivity index (χ2v) is 6.38. The number of hydrogen-bond donors (Lipinski definition) is 2.